The maximum absolute atomic E-state index is 10.8. The number of phenols is 1. The fourth-order valence-corrected chi connectivity index (χ4v) is 2.86. The SMILES string of the molecule is CC(c1cccc(O)c1)N1CCCC(CC(=O)O)C1. The van der Waals surface area contributed by atoms with Crippen LogP contribution in [-0.2, 0) is 4.79 Å². The van der Waals surface area contributed by atoms with Gasteiger partial charge in [-0.3, -0.25) is 9.69 Å². The molecule has 0 amide bonds. The number of aliphatic carboxylic acids is 1. The Morgan fingerprint density at radius 1 is 1.53 bits per heavy atom. The fourth-order valence-electron chi connectivity index (χ4n) is 2.86. The monoisotopic (exact) mass is 263 g/mol. The Morgan fingerprint density at radius 2 is 2.32 bits per heavy atom. The molecule has 19 heavy (non-hydrogen) atoms. The van der Waals surface area contributed by atoms with Crippen LogP contribution in [0.2, 0.25) is 0 Å². The lowest BCUT2D eigenvalue weighted by molar-refractivity contribution is -0.138. The Labute approximate surface area is 113 Å². The minimum absolute atomic E-state index is 0.212. The van der Waals surface area contributed by atoms with Gasteiger partial charge in [0, 0.05) is 19.0 Å². The summed E-state index contributed by atoms with van der Waals surface area (Å²) in [5.41, 5.74) is 1.08. The molecule has 2 N–H and O–H groups in total. The van der Waals surface area contributed by atoms with Crippen molar-refractivity contribution in [2.45, 2.75) is 32.2 Å². The highest BCUT2D eigenvalue weighted by atomic mass is 16.4. The van der Waals surface area contributed by atoms with Crippen molar-refractivity contribution in [3.8, 4) is 5.75 Å². The predicted molar refractivity (Wildman–Crippen MR) is 73.1 cm³/mol. The molecule has 0 spiro atoms. The van der Waals surface area contributed by atoms with Gasteiger partial charge in [0.05, 0.1) is 0 Å². The van der Waals surface area contributed by atoms with E-state index >= 15 is 0 Å². The number of aromatic hydroxyl groups is 1. The van der Waals surface area contributed by atoms with Crippen LogP contribution in [0.4, 0.5) is 0 Å². The summed E-state index contributed by atoms with van der Waals surface area (Å²) in [6.07, 6.45) is 2.29. The first-order valence-electron chi connectivity index (χ1n) is 6.81. The highest BCUT2D eigenvalue weighted by molar-refractivity contribution is 5.67. The lowest BCUT2D eigenvalue weighted by Crippen LogP contribution is -2.37. The number of carboxylic acid groups (broad SMARTS) is 1. The van der Waals surface area contributed by atoms with E-state index in [1.165, 1.54) is 0 Å². The number of carbonyl (C=O) groups is 1. The third-order valence-electron chi connectivity index (χ3n) is 3.91. The number of piperidine rings is 1. The molecule has 0 aromatic heterocycles. The molecule has 0 bridgehead atoms. The number of carboxylic acids is 1. The van der Waals surface area contributed by atoms with Crippen LogP contribution in [0.1, 0.15) is 37.8 Å². The number of nitrogens with zero attached hydrogens (tertiary/aromatic N) is 1. The van der Waals surface area contributed by atoms with Crippen LogP contribution in [0.25, 0.3) is 0 Å². The van der Waals surface area contributed by atoms with Crippen molar-refractivity contribution in [1.29, 1.82) is 0 Å². The van der Waals surface area contributed by atoms with E-state index in [2.05, 4.69) is 11.8 Å². The van der Waals surface area contributed by atoms with Crippen LogP contribution in [0.5, 0.6) is 5.75 Å². The smallest absolute Gasteiger partial charge is 0.303 e. The summed E-state index contributed by atoms with van der Waals surface area (Å²) in [7, 11) is 0. The lowest BCUT2D eigenvalue weighted by atomic mass is 9.93. The van der Waals surface area contributed by atoms with Crippen LogP contribution >= 0.6 is 0 Å². The van der Waals surface area contributed by atoms with Crippen molar-refractivity contribution in [2.75, 3.05) is 13.1 Å². The largest absolute Gasteiger partial charge is 0.508 e. The average Bonchev–Trinajstić information content (AvgIpc) is 2.37. The van der Waals surface area contributed by atoms with Gasteiger partial charge in [-0.05, 0) is 49.9 Å². The minimum Gasteiger partial charge on any atom is -0.508 e. The molecule has 1 aliphatic rings. The maximum Gasteiger partial charge on any atom is 0.303 e. The van der Waals surface area contributed by atoms with Gasteiger partial charge in [-0.2, -0.15) is 0 Å². The standard InChI is InChI=1S/C15H21NO3/c1-11(13-5-2-6-14(17)9-13)16-7-3-4-12(10-16)8-15(18)19/h2,5-6,9,11-12,17H,3-4,7-8,10H2,1H3,(H,18,19). The summed E-state index contributed by atoms with van der Waals surface area (Å²) in [4.78, 5) is 13.1. The quantitative estimate of drug-likeness (QED) is 0.876. The van der Waals surface area contributed by atoms with Gasteiger partial charge in [0.2, 0.25) is 0 Å². The highest BCUT2D eigenvalue weighted by Crippen LogP contribution is 2.29. The van der Waals surface area contributed by atoms with Crippen LogP contribution in [0.3, 0.4) is 0 Å². The molecule has 2 rings (SSSR count). The molecular formula is C15H21NO3. The van der Waals surface area contributed by atoms with Gasteiger partial charge in [0.1, 0.15) is 5.75 Å². The molecular weight excluding hydrogens is 242 g/mol. The van der Waals surface area contributed by atoms with E-state index < -0.39 is 5.97 Å². The van der Waals surface area contributed by atoms with Gasteiger partial charge >= 0.3 is 5.97 Å². The molecule has 1 saturated heterocycles. The second-order valence-corrected chi connectivity index (χ2v) is 5.37. The van der Waals surface area contributed by atoms with Crippen LogP contribution in [0, 0.1) is 5.92 Å². The molecule has 0 saturated carbocycles. The highest BCUT2D eigenvalue weighted by Gasteiger charge is 2.25. The topological polar surface area (TPSA) is 60.8 Å². The minimum atomic E-state index is -0.711. The Balaban J connectivity index is 2.02. The van der Waals surface area contributed by atoms with Gasteiger partial charge in [-0.25, -0.2) is 0 Å². The number of phenolic OH excluding ortho intramolecular Hbond substituents is 1. The van der Waals surface area contributed by atoms with E-state index in [9.17, 15) is 9.90 Å². The number of hydrogen-bond donors (Lipinski definition) is 2. The first-order chi connectivity index (χ1) is 9.06. The zero-order chi connectivity index (χ0) is 13.8. The number of likely N-dealkylation sites (tertiary alicyclic amines) is 1. The maximum atomic E-state index is 10.8. The van der Waals surface area contributed by atoms with E-state index in [1.807, 2.05) is 12.1 Å². The number of hydrogen-bond acceptors (Lipinski definition) is 3. The van der Waals surface area contributed by atoms with Gasteiger partial charge in [0.25, 0.3) is 0 Å². The van der Waals surface area contributed by atoms with E-state index in [0.717, 1.165) is 31.5 Å². The molecule has 1 fully saturated rings. The Hall–Kier alpha value is -1.55. The first kappa shape index (κ1) is 13.9. The lowest BCUT2D eigenvalue weighted by Gasteiger charge is -2.36. The summed E-state index contributed by atoms with van der Waals surface area (Å²) in [6, 6.07) is 7.51. The summed E-state index contributed by atoms with van der Waals surface area (Å²) in [5.74, 6) is -0.189. The normalized spacial score (nSPS) is 22.1. The van der Waals surface area contributed by atoms with Crippen molar-refractivity contribution in [2.24, 2.45) is 5.92 Å². The molecule has 1 heterocycles. The predicted octanol–water partition coefficient (Wildman–Crippen LogP) is 2.64. The van der Waals surface area contributed by atoms with Crippen molar-refractivity contribution < 1.29 is 15.0 Å². The Bertz CT molecular complexity index is 447. The molecule has 104 valence electrons. The summed E-state index contributed by atoms with van der Waals surface area (Å²) >= 11 is 0. The molecule has 4 nitrogen and oxygen atoms in total. The number of rotatable bonds is 4. The number of benzene rings is 1. The molecule has 2 atom stereocenters. The Kier molecular flexibility index (Phi) is 4.43. The van der Waals surface area contributed by atoms with E-state index in [1.54, 1.807) is 12.1 Å². The van der Waals surface area contributed by atoms with Crippen LogP contribution in [-0.4, -0.2) is 34.2 Å². The van der Waals surface area contributed by atoms with Gasteiger partial charge in [-0.15, -0.1) is 0 Å². The molecule has 2 unspecified atom stereocenters. The van der Waals surface area contributed by atoms with E-state index in [0.29, 0.717) is 0 Å². The van der Waals surface area contributed by atoms with E-state index in [4.69, 9.17) is 5.11 Å². The second-order valence-electron chi connectivity index (χ2n) is 5.37. The molecule has 1 aromatic rings. The van der Waals surface area contributed by atoms with Gasteiger partial charge in [-0.1, -0.05) is 12.1 Å². The summed E-state index contributed by atoms with van der Waals surface area (Å²) < 4.78 is 0. The molecule has 1 aliphatic heterocycles. The Morgan fingerprint density at radius 3 is 3.00 bits per heavy atom. The third-order valence-corrected chi connectivity index (χ3v) is 3.91. The van der Waals surface area contributed by atoms with Crippen molar-refractivity contribution in [3.63, 3.8) is 0 Å². The fraction of sp³-hybridized carbons (Fsp3) is 0.533. The third kappa shape index (κ3) is 3.70. The van der Waals surface area contributed by atoms with Gasteiger partial charge in [0.15, 0.2) is 0 Å². The zero-order valence-electron chi connectivity index (χ0n) is 11.2. The molecule has 0 aliphatic carbocycles. The average molecular weight is 263 g/mol. The first-order valence-corrected chi connectivity index (χ1v) is 6.81. The summed E-state index contributed by atoms with van der Waals surface area (Å²) in [6.45, 7) is 3.92. The summed E-state index contributed by atoms with van der Waals surface area (Å²) in [5, 5.41) is 18.4. The second kappa shape index (κ2) is 6.06. The van der Waals surface area contributed by atoms with Crippen LogP contribution in [0.15, 0.2) is 24.3 Å². The zero-order valence-corrected chi connectivity index (χ0v) is 11.2. The van der Waals surface area contributed by atoms with Gasteiger partial charge < -0.3 is 10.2 Å². The van der Waals surface area contributed by atoms with Crippen molar-refractivity contribution >= 4 is 5.97 Å². The van der Waals surface area contributed by atoms with E-state index in [-0.39, 0.29) is 24.1 Å². The molecule has 4 heteroatoms. The van der Waals surface area contributed by atoms with Crippen molar-refractivity contribution in [3.05, 3.63) is 29.8 Å². The molecule has 1 aromatic carbocycles. The molecule has 0 radical (unpaired) electrons. The van der Waals surface area contributed by atoms with Crippen molar-refractivity contribution in [1.82, 2.24) is 4.90 Å². The van der Waals surface area contributed by atoms with Crippen LogP contribution < -0.4 is 0 Å².